The summed E-state index contributed by atoms with van der Waals surface area (Å²) in [6, 6.07) is 2.26. The van der Waals surface area contributed by atoms with Crippen molar-refractivity contribution >= 4 is 0 Å². The molecule has 0 aliphatic carbocycles. The summed E-state index contributed by atoms with van der Waals surface area (Å²) in [6.45, 7) is 4.82. The molecule has 1 unspecified atom stereocenters. The monoisotopic (exact) mass is 330 g/mol. The molecule has 1 saturated heterocycles. The first-order chi connectivity index (χ1) is 11.8. The van der Waals surface area contributed by atoms with E-state index in [2.05, 4.69) is 25.0 Å². The molecule has 5 heteroatoms. The Kier molecular flexibility index (Phi) is 4.26. The van der Waals surface area contributed by atoms with E-state index in [9.17, 15) is 0 Å². The number of benzene rings is 1. The number of hydrogen-bond acceptors (Lipinski definition) is 3. The summed E-state index contributed by atoms with van der Waals surface area (Å²) in [7, 11) is 3.93. The molecule has 0 aromatic heterocycles. The summed E-state index contributed by atoms with van der Waals surface area (Å²) >= 11 is 0. The van der Waals surface area contributed by atoms with Crippen molar-refractivity contribution in [1.29, 1.82) is 0 Å². The highest BCUT2D eigenvalue weighted by molar-refractivity contribution is 5.62. The molecule has 3 aliphatic heterocycles. The Labute approximate surface area is 143 Å². The van der Waals surface area contributed by atoms with E-state index in [4.69, 9.17) is 14.2 Å². The van der Waals surface area contributed by atoms with Gasteiger partial charge in [0.05, 0.1) is 39.4 Å². The van der Waals surface area contributed by atoms with E-state index in [1.807, 2.05) is 0 Å². The van der Waals surface area contributed by atoms with Crippen LogP contribution in [-0.4, -0.2) is 47.1 Å². The van der Waals surface area contributed by atoms with Crippen LogP contribution in [-0.2, 0) is 6.42 Å². The molecule has 0 radical (unpaired) electrons. The molecule has 1 aromatic rings. The van der Waals surface area contributed by atoms with Crippen molar-refractivity contribution in [3.63, 3.8) is 0 Å². The van der Waals surface area contributed by atoms with E-state index in [0.29, 0.717) is 0 Å². The molecular weight excluding hydrogens is 304 g/mol. The Morgan fingerprint density at radius 1 is 1.25 bits per heavy atom. The van der Waals surface area contributed by atoms with Crippen molar-refractivity contribution in [2.24, 2.45) is 0 Å². The summed E-state index contributed by atoms with van der Waals surface area (Å²) in [4.78, 5) is 3.04. The Bertz CT molecular complexity index is 686. The van der Waals surface area contributed by atoms with Gasteiger partial charge >= 0.3 is 0 Å². The summed E-state index contributed by atoms with van der Waals surface area (Å²) < 4.78 is 16.9. The number of likely N-dealkylation sites (N-methyl/N-ethyl adjacent to an activating group) is 1. The Hall–Kier alpha value is -1.90. The lowest BCUT2D eigenvalue weighted by molar-refractivity contribution is -0.905. The molecule has 2 atom stereocenters. The zero-order valence-corrected chi connectivity index (χ0v) is 14.5. The highest BCUT2D eigenvalue weighted by Crippen LogP contribution is 2.47. The summed E-state index contributed by atoms with van der Waals surface area (Å²) in [5, 5.41) is 0. The number of methoxy groups -OCH3 is 1. The van der Waals surface area contributed by atoms with E-state index in [-0.39, 0.29) is 12.8 Å². The Morgan fingerprint density at radius 3 is 2.88 bits per heavy atom. The van der Waals surface area contributed by atoms with E-state index >= 15 is 0 Å². The second-order valence-electron chi connectivity index (χ2n) is 6.95. The van der Waals surface area contributed by atoms with E-state index in [0.717, 1.165) is 36.8 Å². The van der Waals surface area contributed by atoms with Gasteiger partial charge in [-0.15, -0.1) is 0 Å². The molecule has 0 amide bonds. The number of fused-ring (bicyclic) bond motifs is 2. The lowest BCUT2D eigenvalue weighted by Crippen LogP contribution is -3.10. The number of likely N-dealkylation sites (tertiary alicyclic amines) is 1. The minimum absolute atomic E-state index is 0.139. The van der Waals surface area contributed by atoms with Crippen molar-refractivity contribution in [3.8, 4) is 29.1 Å². The molecule has 24 heavy (non-hydrogen) atoms. The van der Waals surface area contributed by atoms with Crippen LogP contribution in [0.3, 0.4) is 0 Å². The van der Waals surface area contributed by atoms with Crippen LogP contribution in [0.5, 0.6) is 17.2 Å². The first kappa shape index (κ1) is 15.6. The zero-order chi connectivity index (χ0) is 16.5. The molecule has 2 N–H and O–H groups in total. The van der Waals surface area contributed by atoms with Gasteiger partial charge in [-0.25, -0.2) is 0 Å². The Balaban J connectivity index is 1.67. The predicted molar refractivity (Wildman–Crippen MR) is 89.9 cm³/mol. The molecule has 5 nitrogen and oxygen atoms in total. The quantitative estimate of drug-likeness (QED) is 0.699. The first-order valence-electron chi connectivity index (χ1n) is 8.91. The van der Waals surface area contributed by atoms with Crippen LogP contribution >= 0.6 is 0 Å². The lowest BCUT2D eigenvalue weighted by Gasteiger charge is -2.30. The topological polar surface area (TPSA) is 36.6 Å². The predicted octanol–water partition coefficient (Wildman–Crippen LogP) is -0.782. The van der Waals surface area contributed by atoms with Gasteiger partial charge in [-0.1, -0.05) is 0 Å². The standard InChI is InChI=1S/C19H24N2O3/c1-20-11-7-14-12-16-18(24-13-23-16)19(22-2)17(14)15(20)6-5-10-21-8-3-4-9-21/h12,15H,3-4,7-11,13H2,1-2H3/p+2/t15-/m0/s1. The third-order valence-electron chi connectivity index (χ3n) is 5.41. The highest BCUT2D eigenvalue weighted by atomic mass is 16.7. The number of hydrogen-bond donors (Lipinski definition) is 2. The fraction of sp³-hybridized carbons (Fsp3) is 0.579. The third-order valence-corrected chi connectivity index (χ3v) is 5.41. The van der Waals surface area contributed by atoms with Gasteiger partial charge in [-0.2, -0.15) is 0 Å². The SMILES string of the molecule is COc1c2c(cc3c1[C@H](C#CC[NH+]1CCCC1)[NH+](C)CC3)OCO2. The second kappa shape index (κ2) is 6.54. The average molecular weight is 330 g/mol. The van der Waals surface area contributed by atoms with Crippen LogP contribution in [0.25, 0.3) is 0 Å². The van der Waals surface area contributed by atoms with Gasteiger partial charge in [0, 0.05) is 19.3 Å². The molecule has 4 rings (SSSR count). The molecule has 1 aromatic carbocycles. The maximum absolute atomic E-state index is 5.72. The van der Waals surface area contributed by atoms with Gasteiger partial charge in [0.25, 0.3) is 0 Å². The molecule has 128 valence electrons. The number of ether oxygens (including phenoxy) is 3. The van der Waals surface area contributed by atoms with Crippen molar-refractivity contribution in [1.82, 2.24) is 0 Å². The summed E-state index contributed by atoms with van der Waals surface area (Å²) in [6.07, 6.45) is 3.70. The first-order valence-corrected chi connectivity index (χ1v) is 8.91. The smallest absolute Gasteiger partial charge is 0.231 e. The van der Waals surface area contributed by atoms with E-state index in [1.54, 1.807) is 12.0 Å². The summed E-state index contributed by atoms with van der Waals surface area (Å²) in [5.41, 5.74) is 2.48. The average Bonchev–Trinajstić information content (AvgIpc) is 3.26. The molecule has 3 heterocycles. The number of nitrogens with one attached hydrogen (secondary N) is 2. The van der Waals surface area contributed by atoms with Crippen LogP contribution in [0.1, 0.15) is 30.0 Å². The normalized spacial score (nSPS) is 25.1. The van der Waals surface area contributed by atoms with Crippen LogP contribution in [0.4, 0.5) is 0 Å². The minimum Gasteiger partial charge on any atom is -0.492 e. The van der Waals surface area contributed by atoms with Crippen LogP contribution in [0.2, 0.25) is 0 Å². The molecule has 0 spiro atoms. The van der Waals surface area contributed by atoms with Crippen molar-refractivity contribution in [3.05, 3.63) is 17.2 Å². The van der Waals surface area contributed by atoms with Crippen LogP contribution in [0.15, 0.2) is 6.07 Å². The van der Waals surface area contributed by atoms with Crippen molar-refractivity contribution < 1.29 is 24.0 Å². The van der Waals surface area contributed by atoms with Gasteiger partial charge in [-0.3, -0.25) is 0 Å². The van der Waals surface area contributed by atoms with E-state index in [1.165, 1.54) is 42.0 Å². The maximum Gasteiger partial charge on any atom is 0.231 e. The Morgan fingerprint density at radius 2 is 2.08 bits per heavy atom. The minimum atomic E-state index is 0.139. The van der Waals surface area contributed by atoms with Gasteiger partial charge in [0.15, 0.2) is 17.5 Å². The second-order valence-corrected chi connectivity index (χ2v) is 6.95. The van der Waals surface area contributed by atoms with Gasteiger partial charge < -0.3 is 24.0 Å². The fourth-order valence-corrected chi connectivity index (χ4v) is 4.05. The van der Waals surface area contributed by atoms with Gasteiger partial charge in [0.2, 0.25) is 12.5 Å². The third kappa shape index (κ3) is 2.70. The van der Waals surface area contributed by atoms with Crippen molar-refractivity contribution in [2.45, 2.75) is 25.3 Å². The number of quaternary nitrogens is 2. The fourth-order valence-electron chi connectivity index (χ4n) is 4.05. The summed E-state index contributed by atoms with van der Waals surface area (Å²) in [5.74, 6) is 9.34. The molecule has 0 bridgehead atoms. The van der Waals surface area contributed by atoms with Gasteiger partial charge in [-0.05, 0) is 23.5 Å². The largest absolute Gasteiger partial charge is 0.492 e. The van der Waals surface area contributed by atoms with Crippen molar-refractivity contribution in [2.75, 3.05) is 47.1 Å². The van der Waals surface area contributed by atoms with E-state index < -0.39 is 0 Å². The zero-order valence-electron chi connectivity index (χ0n) is 14.5. The van der Waals surface area contributed by atoms with Crippen LogP contribution in [0, 0.1) is 11.8 Å². The highest BCUT2D eigenvalue weighted by Gasteiger charge is 2.35. The molecule has 0 saturated carbocycles. The lowest BCUT2D eigenvalue weighted by atomic mass is 9.91. The van der Waals surface area contributed by atoms with Gasteiger partial charge in [0.1, 0.15) is 6.54 Å². The molecular formula is C19H26N2O3+2. The number of rotatable bonds is 2. The van der Waals surface area contributed by atoms with Crippen LogP contribution < -0.4 is 24.0 Å². The molecule has 3 aliphatic rings. The molecule has 1 fully saturated rings. The maximum atomic E-state index is 5.72.